The van der Waals surface area contributed by atoms with Crippen LogP contribution in [-0.4, -0.2) is 21.4 Å². The van der Waals surface area contributed by atoms with Gasteiger partial charge in [-0.15, -0.1) is 5.10 Å². The molecule has 0 spiro atoms. The molecule has 0 unspecified atom stereocenters. The van der Waals surface area contributed by atoms with Crippen LogP contribution in [0.1, 0.15) is 0 Å². The molecule has 0 saturated carbocycles. The summed E-state index contributed by atoms with van der Waals surface area (Å²) in [5.74, 6) is 0. The minimum atomic E-state index is 0.595. The maximum absolute atomic E-state index is 5.08. The molecule has 5 heteroatoms. The van der Waals surface area contributed by atoms with Crippen LogP contribution in [-0.2, 0) is 6.54 Å². The van der Waals surface area contributed by atoms with E-state index in [2.05, 4.69) is 26.0 Å². The van der Waals surface area contributed by atoms with Crippen molar-refractivity contribution in [1.29, 1.82) is 0 Å². The normalized spacial score (nSPS) is 15.2. The number of fused-ring (bicyclic) bond motifs is 1. The lowest BCUT2D eigenvalue weighted by Gasteiger charge is -1.83. The molecule has 0 atom stereocenters. The van der Waals surface area contributed by atoms with Crippen molar-refractivity contribution in [3.8, 4) is 6.01 Å². The Morgan fingerprint density at radius 1 is 1.67 bits per heavy atom. The second kappa shape index (κ2) is 1.70. The lowest BCUT2D eigenvalue weighted by atomic mass is 10.7. The summed E-state index contributed by atoms with van der Waals surface area (Å²) in [6, 6.07) is 0.613. The summed E-state index contributed by atoms with van der Waals surface area (Å²) in [5.41, 5.74) is 0. The molecule has 0 N–H and O–H groups in total. The summed E-state index contributed by atoms with van der Waals surface area (Å²) in [6.07, 6.45) is 0. The Morgan fingerprint density at radius 3 is 3.33 bits per heavy atom. The van der Waals surface area contributed by atoms with Crippen molar-refractivity contribution >= 4 is 15.9 Å². The number of halogens is 1. The van der Waals surface area contributed by atoms with Crippen LogP contribution < -0.4 is 4.74 Å². The molecule has 48 valence electrons. The van der Waals surface area contributed by atoms with Gasteiger partial charge in [0.1, 0.15) is 6.61 Å². The number of aromatic nitrogens is 3. The minimum Gasteiger partial charge on any atom is -0.462 e. The zero-order valence-corrected chi connectivity index (χ0v) is 6.13. The fourth-order valence-electron chi connectivity index (χ4n) is 0.777. The maximum Gasteiger partial charge on any atom is 0.315 e. The average Bonchev–Trinajstić information content (AvgIpc) is 2.22. The van der Waals surface area contributed by atoms with Gasteiger partial charge in [-0.25, -0.2) is 4.68 Å². The first-order chi connectivity index (χ1) is 4.36. The molecule has 1 aromatic rings. The Labute approximate surface area is 60.0 Å². The molecule has 0 saturated heterocycles. The average molecular weight is 190 g/mol. The van der Waals surface area contributed by atoms with E-state index in [1.54, 1.807) is 4.68 Å². The van der Waals surface area contributed by atoms with Gasteiger partial charge in [0.25, 0.3) is 0 Å². The first-order valence-corrected chi connectivity index (χ1v) is 3.39. The van der Waals surface area contributed by atoms with Crippen LogP contribution in [0.25, 0.3) is 0 Å². The minimum absolute atomic E-state index is 0.595. The van der Waals surface area contributed by atoms with Crippen molar-refractivity contribution in [3.05, 3.63) is 4.73 Å². The third-order valence-electron chi connectivity index (χ3n) is 1.15. The van der Waals surface area contributed by atoms with Gasteiger partial charge < -0.3 is 4.74 Å². The third-order valence-corrected chi connectivity index (χ3v) is 1.48. The highest BCUT2D eigenvalue weighted by molar-refractivity contribution is 9.10. The maximum atomic E-state index is 5.08. The van der Waals surface area contributed by atoms with E-state index in [0.29, 0.717) is 17.4 Å². The SMILES string of the molecule is Brc1nc2n(n1)CCO2. The van der Waals surface area contributed by atoms with E-state index in [1.807, 2.05) is 0 Å². The molecule has 0 aromatic carbocycles. The lowest BCUT2D eigenvalue weighted by molar-refractivity contribution is 0.344. The van der Waals surface area contributed by atoms with Crippen LogP contribution in [0.15, 0.2) is 4.73 Å². The summed E-state index contributed by atoms with van der Waals surface area (Å²) in [6.45, 7) is 1.51. The summed E-state index contributed by atoms with van der Waals surface area (Å²) in [5, 5.41) is 3.99. The molecule has 2 rings (SSSR count). The fourth-order valence-corrected chi connectivity index (χ4v) is 1.12. The van der Waals surface area contributed by atoms with Gasteiger partial charge in [0.2, 0.25) is 4.73 Å². The zero-order chi connectivity index (χ0) is 6.27. The molecule has 0 fully saturated rings. The Kier molecular flexibility index (Phi) is 0.986. The smallest absolute Gasteiger partial charge is 0.315 e. The Balaban J connectivity index is 2.51. The van der Waals surface area contributed by atoms with Gasteiger partial charge in [-0.2, -0.15) is 4.98 Å². The van der Waals surface area contributed by atoms with Crippen molar-refractivity contribution in [2.24, 2.45) is 0 Å². The highest BCUT2D eigenvalue weighted by Crippen LogP contribution is 2.15. The quantitative estimate of drug-likeness (QED) is 0.595. The largest absolute Gasteiger partial charge is 0.462 e. The predicted molar refractivity (Wildman–Crippen MR) is 33.2 cm³/mol. The summed E-state index contributed by atoms with van der Waals surface area (Å²) < 4.78 is 7.40. The van der Waals surface area contributed by atoms with E-state index >= 15 is 0 Å². The van der Waals surface area contributed by atoms with Gasteiger partial charge in [0.05, 0.1) is 6.54 Å². The van der Waals surface area contributed by atoms with Crippen molar-refractivity contribution in [1.82, 2.24) is 14.8 Å². The molecule has 2 heterocycles. The molecule has 0 bridgehead atoms. The van der Waals surface area contributed by atoms with Gasteiger partial charge in [-0.1, -0.05) is 0 Å². The standard InChI is InChI=1S/C4H4BrN3O/c5-3-6-4-8(7-3)1-2-9-4/h1-2H2. The molecular formula is C4H4BrN3O. The number of hydrogen-bond donors (Lipinski definition) is 0. The van der Waals surface area contributed by atoms with E-state index < -0.39 is 0 Å². The lowest BCUT2D eigenvalue weighted by Crippen LogP contribution is -1.94. The van der Waals surface area contributed by atoms with Gasteiger partial charge in [-0.3, -0.25) is 0 Å². The highest BCUT2D eigenvalue weighted by atomic mass is 79.9. The third kappa shape index (κ3) is 0.718. The molecule has 4 nitrogen and oxygen atoms in total. The van der Waals surface area contributed by atoms with Gasteiger partial charge in [-0.05, 0) is 15.9 Å². The fraction of sp³-hybridized carbons (Fsp3) is 0.500. The second-order valence-corrected chi connectivity index (χ2v) is 2.44. The van der Waals surface area contributed by atoms with Gasteiger partial charge >= 0.3 is 6.01 Å². The predicted octanol–water partition coefficient (Wildman–Crippen LogP) is 0.433. The molecule has 1 aromatic heterocycles. The monoisotopic (exact) mass is 189 g/mol. The molecular weight excluding hydrogens is 186 g/mol. The summed E-state index contributed by atoms with van der Waals surface area (Å²) >= 11 is 3.13. The molecule has 0 amide bonds. The Bertz CT molecular complexity index is 212. The van der Waals surface area contributed by atoms with Crippen LogP contribution in [0, 0.1) is 0 Å². The second-order valence-electron chi connectivity index (χ2n) is 1.74. The van der Waals surface area contributed by atoms with E-state index in [0.717, 1.165) is 6.54 Å². The number of rotatable bonds is 0. The number of nitrogens with zero attached hydrogens (tertiary/aromatic N) is 3. The van der Waals surface area contributed by atoms with E-state index in [9.17, 15) is 0 Å². The van der Waals surface area contributed by atoms with Crippen LogP contribution in [0.2, 0.25) is 0 Å². The van der Waals surface area contributed by atoms with Crippen molar-refractivity contribution in [3.63, 3.8) is 0 Å². The van der Waals surface area contributed by atoms with Crippen LogP contribution in [0.4, 0.5) is 0 Å². The topological polar surface area (TPSA) is 39.9 Å². The molecule has 1 aliphatic rings. The van der Waals surface area contributed by atoms with Crippen molar-refractivity contribution in [2.75, 3.05) is 6.61 Å². The van der Waals surface area contributed by atoms with Crippen LogP contribution in [0.5, 0.6) is 6.01 Å². The zero-order valence-electron chi connectivity index (χ0n) is 4.54. The number of ether oxygens (including phenoxy) is 1. The molecule has 1 aliphatic heterocycles. The van der Waals surface area contributed by atoms with Crippen molar-refractivity contribution < 1.29 is 4.74 Å². The first kappa shape index (κ1) is 5.22. The molecule has 9 heavy (non-hydrogen) atoms. The van der Waals surface area contributed by atoms with Crippen LogP contribution >= 0.6 is 15.9 Å². The van der Waals surface area contributed by atoms with Crippen LogP contribution in [0.3, 0.4) is 0 Å². The first-order valence-electron chi connectivity index (χ1n) is 2.59. The number of hydrogen-bond acceptors (Lipinski definition) is 3. The Morgan fingerprint density at radius 2 is 2.56 bits per heavy atom. The summed E-state index contributed by atoms with van der Waals surface area (Å²) in [4.78, 5) is 3.94. The molecule has 0 radical (unpaired) electrons. The Hall–Kier alpha value is -0.580. The van der Waals surface area contributed by atoms with E-state index in [4.69, 9.17) is 4.74 Å². The highest BCUT2D eigenvalue weighted by Gasteiger charge is 2.14. The van der Waals surface area contributed by atoms with Gasteiger partial charge in [0, 0.05) is 0 Å². The summed E-state index contributed by atoms with van der Waals surface area (Å²) in [7, 11) is 0. The van der Waals surface area contributed by atoms with Gasteiger partial charge in [0.15, 0.2) is 0 Å². The van der Waals surface area contributed by atoms with E-state index in [-0.39, 0.29) is 0 Å². The van der Waals surface area contributed by atoms with E-state index in [1.165, 1.54) is 0 Å². The molecule has 0 aliphatic carbocycles. The van der Waals surface area contributed by atoms with Crippen molar-refractivity contribution in [2.45, 2.75) is 6.54 Å².